The van der Waals surface area contributed by atoms with Gasteiger partial charge >= 0.3 is 0 Å². The summed E-state index contributed by atoms with van der Waals surface area (Å²) in [6.45, 7) is 5.63. The molecule has 0 bridgehead atoms. The number of rotatable bonds is 2. The zero-order valence-corrected chi connectivity index (χ0v) is 9.49. The summed E-state index contributed by atoms with van der Waals surface area (Å²) in [6.07, 6.45) is 1.68. The average Bonchev–Trinajstić information content (AvgIpc) is 2.73. The van der Waals surface area contributed by atoms with Crippen molar-refractivity contribution in [2.24, 2.45) is 0 Å². The Morgan fingerprint density at radius 1 is 1.40 bits per heavy atom. The van der Waals surface area contributed by atoms with Gasteiger partial charge < -0.3 is 4.42 Å². The lowest BCUT2D eigenvalue weighted by Crippen LogP contribution is -2.09. The molecule has 1 unspecified atom stereocenters. The van der Waals surface area contributed by atoms with Gasteiger partial charge in [0.25, 0.3) is 0 Å². The number of halogens is 1. The standard InChI is InChI=1S/C9H11ClN4O/c1-5-4-11-8(15-5)6(2)14-7(3)12-13-9(14)10/h4,6H,1-3H3. The zero-order valence-electron chi connectivity index (χ0n) is 8.73. The predicted octanol–water partition coefficient (Wildman–Crippen LogP) is 2.15. The molecule has 80 valence electrons. The Kier molecular flexibility index (Phi) is 2.48. The van der Waals surface area contributed by atoms with Crippen molar-refractivity contribution in [3.8, 4) is 0 Å². The molecule has 0 aliphatic carbocycles. The molecule has 0 aliphatic heterocycles. The molecule has 0 radical (unpaired) electrons. The van der Waals surface area contributed by atoms with Gasteiger partial charge in [0.05, 0.1) is 6.20 Å². The minimum absolute atomic E-state index is 0.0961. The van der Waals surface area contributed by atoms with Gasteiger partial charge in [0.15, 0.2) is 0 Å². The molecular formula is C9H11ClN4O. The zero-order chi connectivity index (χ0) is 11.0. The van der Waals surface area contributed by atoms with Crippen LogP contribution in [0.4, 0.5) is 0 Å². The molecule has 0 amide bonds. The van der Waals surface area contributed by atoms with Gasteiger partial charge in [-0.15, -0.1) is 10.2 Å². The van der Waals surface area contributed by atoms with Crippen molar-refractivity contribution in [3.63, 3.8) is 0 Å². The SMILES string of the molecule is Cc1cnc(C(C)n2c(C)nnc2Cl)o1. The van der Waals surface area contributed by atoms with Gasteiger partial charge in [-0.3, -0.25) is 4.57 Å². The maximum atomic E-state index is 5.92. The Hall–Kier alpha value is -1.36. The van der Waals surface area contributed by atoms with Crippen molar-refractivity contribution in [3.05, 3.63) is 29.0 Å². The van der Waals surface area contributed by atoms with Crippen LogP contribution in [0.3, 0.4) is 0 Å². The summed E-state index contributed by atoms with van der Waals surface area (Å²) in [5.74, 6) is 2.12. The number of aryl methyl sites for hydroxylation is 2. The molecule has 2 heterocycles. The molecule has 15 heavy (non-hydrogen) atoms. The molecule has 0 N–H and O–H groups in total. The van der Waals surface area contributed by atoms with Crippen molar-refractivity contribution in [1.82, 2.24) is 19.7 Å². The monoisotopic (exact) mass is 226 g/mol. The van der Waals surface area contributed by atoms with Crippen LogP contribution in [0.5, 0.6) is 0 Å². The van der Waals surface area contributed by atoms with Crippen LogP contribution in [0, 0.1) is 13.8 Å². The quantitative estimate of drug-likeness (QED) is 0.787. The Morgan fingerprint density at radius 3 is 2.60 bits per heavy atom. The molecule has 1 atom stereocenters. The van der Waals surface area contributed by atoms with E-state index in [-0.39, 0.29) is 6.04 Å². The second-order valence-electron chi connectivity index (χ2n) is 3.37. The highest BCUT2D eigenvalue weighted by Gasteiger charge is 2.18. The lowest BCUT2D eigenvalue weighted by atomic mass is 10.3. The fourth-order valence-electron chi connectivity index (χ4n) is 1.46. The van der Waals surface area contributed by atoms with E-state index in [2.05, 4.69) is 15.2 Å². The summed E-state index contributed by atoms with van der Waals surface area (Å²) < 4.78 is 7.20. The van der Waals surface area contributed by atoms with Gasteiger partial charge in [-0.25, -0.2) is 4.98 Å². The Labute approximate surface area is 92.1 Å². The van der Waals surface area contributed by atoms with Crippen LogP contribution in [0.25, 0.3) is 0 Å². The number of aromatic nitrogens is 4. The highest BCUT2D eigenvalue weighted by Crippen LogP contribution is 2.22. The van der Waals surface area contributed by atoms with E-state index in [9.17, 15) is 0 Å². The van der Waals surface area contributed by atoms with Gasteiger partial charge in [0, 0.05) is 0 Å². The van der Waals surface area contributed by atoms with Gasteiger partial charge in [-0.2, -0.15) is 0 Å². The van der Waals surface area contributed by atoms with E-state index in [1.807, 2.05) is 20.8 Å². The Morgan fingerprint density at radius 2 is 2.13 bits per heavy atom. The van der Waals surface area contributed by atoms with Gasteiger partial charge in [0.2, 0.25) is 11.2 Å². The van der Waals surface area contributed by atoms with Crippen LogP contribution in [0.2, 0.25) is 5.28 Å². The molecule has 2 aromatic rings. The third-order valence-corrected chi connectivity index (χ3v) is 2.47. The highest BCUT2D eigenvalue weighted by atomic mass is 35.5. The Bertz CT molecular complexity index is 457. The van der Waals surface area contributed by atoms with Crippen molar-refractivity contribution in [2.45, 2.75) is 26.8 Å². The van der Waals surface area contributed by atoms with Crippen molar-refractivity contribution in [1.29, 1.82) is 0 Å². The number of oxazole rings is 1. The van der Waals surface area contributed by atoms with Crippen LogP contribution in [0.15, 0.2) is 10.6 Å². The number of hydrogen-bond donors (Lipinski definition) is 0. The van der Waals surface area contributed by atoms with Gasteiger partial charge in [0.1, 0.15) is 17.6 Å². The molecule has 0 spiro atoms. The van der Waals surface area contributed by atoms with E-state index >= 15 is 0 Å². The van der Waals surface area contributed by atoms with E-state index in [0.29, 0.717) is 11.2 Å². The maximum Gasteiger partial charge on any atom is 0.225 e. The first kappa shape index (κ1) is 10.2. The molecule has 6 heteroatoms. The highest BCUT2D eigenvalue weighted by molar-refractivity contribution is 6.28. The summed E-state index contributed by atoms with van der Waals surface area (Å²) >= 11 is 5.92. The molecule has 0 aromatic carbocycles. The van der Waals surface area contributed by atoms with Crippen LogP contribution in [0.1, 0.15) is 30.4 Å². The van der Waals surface area contributed by atoms with Crippen LogP contribution in [-0.4, -0.2) is 19.7 Å². The second-order valence-corrected chi connectivity index (χ2v) is 3.71. The van der Waals surface area contributed by atoms with E-state index in [0.717, 1.165) is 11.6 Å². The third-order valence-electron chi connectivity index (χ3n) is 2.21. The molecule has 2 rings (SSSR count). The number of hydrogen-bond acceptors (Lipinski definition) is 4. The summed E-state index contributed by atoms with van der Waals surface area (Å²) in [7, 11) is 0. The lowest BCUT2D eigenvalue weighted by molar-refractivity contribution is 0.411. The summed E-state index contributed by atoms with van der Waals surface area (Å²) in [6, 6.07) is -0.0961. The van der Waals surface area contributed by atoms with E-state index in [4.69, 9.17) is 16.0 Å². The lowest BCUT2D eigenvalue weighted by Gasteiger charge is -2.10. The fraction of sp³-hybridized carbons (Fsp3) is 0.444. The van der Waals surface area contributed by atoms with Crippen LogP contribution in [-0.2, 0) is 0 Å². The Balaban J connectivity index is 2.40. The molecule has 0 fully saturated rings. The average molecular weight is 227 g/mol. The van der Waals surface area contributed by atoms with Gasteiger partial charge in [-0.1, -0.05) is 0 Å². The van der Waals surface area contributed by atoms with E-state index in [1.54, 1.807) is 10.8 Å². The fourth-order valence-corrected chi connectivity index (χ4v) is 1.77. The molecule has 2 aromatic heterocycles. The largest absolute Gasteiger partial charge is 0.444 e. The maximum absolute atomic E-state index is 5.92. The molecule has 0 saturated carbocycles. The second kappa shape index (κ2) is 3.66. The normalized spacial score (nSPS) is 13.1. The first-order chi connectivity index (χ1) is 7.09. The van der Waals surface area contributed by atoms with Gasteiger partial charge in [-0.05, 0) is 32.4 Å². The van der Waals surface area contributed by atoms with Crippen molar-refractivity contribution in [2.75, 3.05) is 0 Å². The summed E-state index contributed by atoms with van der Waals surface area (Å²) in [5.41, 5.74) is 0. The van der Waals surface area contributed by atoms with Crippen LogP contribution < -0.4 is 0 Å². The predicted molar refractivity (Wildman–Crippen MR) is 54.8 cm³/mol. The van der Waals surface area contributed by atoms with E-state index < -0.39 is 0 Å². The number of nitrogens with zero attached hydrogens (tertiary/aromatic N) is 4. The minimum atomic E-state index is -0.0961. The molecule has 5 nitrogen and oxygen atoms in total. The summed E-state index contributed by atoms with van der Waals surface area (Å²) in [5, 5.41) is 8.00. The first-order valence-corrected chi connectivity index (χ1v) is 4.96. The molecular weight excluding hydrogens is 216 g/mol. The summed E-state index contributed by atoms with van der Waals surface area (Å²) in [4.78, 5) is 4.15. The molecule has 0 aliphatic rings. The first-order valence-electron chi connectivity index (χ1n) is 4.59. The van der Waals surface area contributed by atoms with Crippen molar-refractivity contribution < 1.29 is 4.42 Å². The molecule has 0 saturated heterocycles. The van der Waals surface area contributed by atoms with Crippen LogP contribution >= 0.6 is 11.6 Å². The topological polar surface area (TPSA) is 56.7 Å². The smallest absolute Gasteiger partial charge is 0.225 e. The minimum Gasteiger partial charge on any atom is -0.444 e. The van der Waals surface area contributed by atoms with Crippen molar-refractivity contribution >= 4 is 11.6 Å². The third kappa shape index (κ3) is 1.74. The van der Waals surface area contributed by atoms with E-state index in [1.165, 1.54) is 0 Å².